The number of hydrogen-bond donors (Lipinski definition) is 2. The van der Waals surface area contributed by atoms with E-state index < -0.39 is 22.7 Å². The Labute approximate surface area is 133 Å². The molecule has 1 aliphatic carbocycles. The van der Waals surface area contributed by atoms with E-state index in [2.05, 4.69) is 21.2 Å². The summed E-state index contributed by atoms with van der Waals surface area (Å²) in [6.07, 6.45) is 1.11. The number of aliphatic carboxylic acids is 1. The Kier molecular flexibility index (Phi) is 4.15. The lowest BCUT2D eigenvalue weighted by Gasteiger charge is -2.39. The average Bonchev–Trinajstić information content (AvgIpc) is 2.61. The van der Waals surface area contributed by atoms with Crippen LogP contribution in [0.2, 0.25) is 0 Å². The summed E-state index contributed by atoms with van der Waals surface area (Å²) in [6.45, 7) is 5.61. The molecule has 0 radical (unpaired) electrons. The van der Waals surface area contributed by atoms with Crippen molar-refractivity contribution < 1.29 is 14.7 Å². The predicted octanol–water partition coefficient (Wildman–Crippen LogP) is 3.91. The van der Waals surface area contributed by atoms with Crippen molar-refractivity contribution in [3.05, 3.63) is 28.7 Å². The molecule has 0 spiro atoms. The summed E-state index contributed by atoms with van der Waals surface area (Å²) in [5.74, 6) is -1.43. The summed E-state index contributed by atoms with van der Waals surface area (Å²) >= 11 is 3.37. The molecule has 2 rings (SSSR count). The van der Waals surface area contributed by atoms with Gasteiger partial charge in [-0.25, -0.2) is 0 Å². The molecule has 4 nitrogen and oxygen atoms in total. The van der Waals surface area contributed by atoms with Crippen LogP contribution in [0, 0.1) is 16.7 Å². The van der Waals surface area contributed by atoms with Crippen LogP contribution in [0.3, 0.4) is 0 Å². The SMILES string of the molecule is CC1(C)[C@@H](C(=O)O)CC[C@@]1(C)C(=O)Nc1cccc(Br)c1. The van der Waals surface area contributed by atoms with Crippen LogP contribution in [0.1, 0.15) is 33.6 Å². The highest BCUT2D eigenvalue weighted by Gasteiger charge is 2.58. The average molecular weight is 354 g/mol. The van der Waals surface area contributed by atoms with E-state index in [0.717, 1.165) is 4.47 Å². The molecule has 1 saturated carbocycles. The summed E-state index contributed by atoms with van der Waals surface area (Å²) in [5, 5.41) is 12.3. The maximum absolute atomic E-state index is 12.7. The normalized spacial score (nSPS) is 27.3. The summed E-state index contributed by atoms with van der Waals surface area (Å²) < 4.78 is 0.888. The number of halogens is 1. The third kappa shape index (κ3) is 2.71. The highest BCUT2D eigenvalue weighted by molar-refractivity contribution is 9.10. The van der Waals surface area contributed by atoms with Crippen LogP contribution in [0.25, 0.3) is 0 Å². The van der Waals surface area contributed by atoms with E-state index in [9.17, 15) is 14.7 Å². The van der Waals surface area contributed by atoms with E-state index in [0.29, 0.717) is 18.5 Å². The molecule has 0 saturated heterocycles. The highest BCUT2D eigenvalue weighted by Crippen LogP contribution is 2.56. The van der Waals surface area contributed by atoms with Gasteiger partial charge in [0, 0.05) is 10.2 Å². The van der Waals surface area contributed by atoms with E-state index >= 15 is 0 Å². The Bertz CT molecular complexity index is 585. The van der Waals surface area contributed by atoms with Gasteiger partial charge in [-0.1, -0.05) is 42.8 Å². The lowest BCUT2D eigenvalue weighted by atomic mass is 9.65. The highest BCUT2D eigenvalue weighted by atomic mass is 79.9. The van der Waals surface area contributed by atoms with Crippen LogP contribution in [-0.2, 0) is 9.59 Å². The van der Waals surface area contributed by atoms with Crippen molar-refractivity contribution in [1.82, 2.24) is 0 Å². The van der Waals surface area contributed by atoms with E-state index in [4.69, 9.17) is 0 Å². The zero-order chi connectivity index (χ0) is 15.8. The molecule has 0 aromatic heterocycles. The zero-order valence-electron chi connectivity index (χ0n) is 12.4. The van der Waals surface area contributed by atoms with E-state index in [1.807, 2.05) is 45.0 Å². The zero-order valence-corrected chi connectivity index (χ0v) is 14.0. The molecule has 2 N–H and O–H groups in total. The Morgan fingerprint density at radius 1 is 1.33 bits per heavy atom. The van der Waals surface area contributed by atoms with Crippen molar-refractivity contribution in [1.29, 1.82) is 0 Å². The molecule has 1 amide bonds. The van der Waals surface area contributed by atoms with Gasteiger partial charge in [-0.3, -0.25) is 9.59 Å². The molecule has 2 atom stereocenters. The van der Waals surface area contributed by atoms with Crippen molar-refractivity contribution in [3.8, 4) is 0 Å². The number of carboxylic acid groups (broad SMARTS) is 1. The van der Waals surface area contributed by atoms with Crippen LogP contribution in [-0.4, -0.2) is 17.0 Å². The van der Waals surface area contributed by atoms with Gasteiger partial charge in [-0.2, -0.15) is 0 Å². The summed E-state index contributed by atoms with van der Waals surface area (Å²) in [5.41, 5.74) is -0.571. The second-order valence-electron chi connectivity index (χ2n) is 6.45. The number of carbonyl (C=O) groups is 2. The Hall–Kier alpha value is -1.36. The third-order valence-electron chi connectivity index (χ3n) is 5.11. The van der Waals surface area contributed by atoms with Gasteiger partial charge in [-0.15, -0.1) is 0 Å². The van der Waals surface area contributed by atoms with Crippen molar-refractivity contribution >= 4 is 33.5 Å². The number of amides is 1. The minimum absolute atomic E-state index is 0.116. The molecule has 0 unspecified atom stereocenters. The Morgan fingerprint density at radius 3 is 2.52 bits per heavy atom. The van der Waals surface area contributed by atoms with Gasteiger partial charge in [0.1, 0.15) is 0 Å². The number of carbonyl (C=O) groups excluding carboxylic acids is 1. The largest absolute Gasteiger partial charge is 0.481 e. The van der Waals surface area contributed by atoms with Gasteiger partial charge in [0.25, 0.3) is 0 Å². The summed E-state index contributed by atoms with van der Waals surface area (Å²) in [4.78, 5) is 24.1. The molecule has 1 aliphatic rings. The first-order chi connectivity index (χ1) is 9.68. The van der Waals surface area contributed by atoms with Gasteiger partial charge < -0.3 is 10.4 Å². The van der Waals surface area contributed by atoms with Gasteiger partial charge in [0.2, 0.25) is 5.91 Å². The van der Waals surface area contributed by atoms with Gasteiger partial charge in [-0.05, 0) is 36.5 Å². The Morgan fingerprint density at radius 2 is 2.00 bits per heavy atom. The fourth-order valence-corrected chi connectivity index (χ4v) is 3.57. The molecule has 1 aromatic carbocycles. The number of anilines is 1. The van der Waals surface area contributed by atoms with Crippen LogP contribution in [0.5, 0.6) is 0 Å². The molecule has 114 valence electrons. The van der Waals surface area contributed by atoms with E-state index in [-0.39, 0.29) is 5.91 Å². The molecule has 1 fully saturated rings. The smallest absolute Gasteiger partial charge is 0.307 e. The Balaban J connectivity index is 2.24. The molecular formula is C16H20BrNO3. The molecule has 0 bridgehead atoms. The van der Waals surface area contributed by atoms with E-state index in [1.54, 1.807) is 0 Å². The number of rotatable bonds is 3. The van der Waals surface area contributed by atoms with Crippen LogP contribution in [0.15, 0.2) is 28.7 Å². The maximum Gasteiger partial charge on any atom is 0.307 e. The monoisotopic (exact) mass is 353 g/mol. The van der Waals surface area contributed by atoms with E-state index in [1.165, 1.54) is 0 Å². The molecule has 0 heterocycles. The maximum atomic E-state index is 12.7. The van der Waals surface area contributed by atoms with Crippen LogP contribution < -0.4 is 5.32 Å². The van der Waals surface area contributed by atoms with Crippen molar-refractivity contribution in [2.24, 2.45) is 16.7 Å². The van der Waals surface area contributed by atoms with Crippen molar-refractivity contribution in [2.75, 3.05) is 5.32 Å². The standard InChI is InChI=1S/C16H20BrNO3/c1-15(2)12(13(19)20)7-8-16(15,3)14(21)18-11-6-4-5-10(17)9-11/h4-6,9,12H,7-8H2,1-3H3,(H,18,21)(H,19,20)/t12-,16+/m1/s1. The summed E-state index contributed by atoms with van der Waals surface area (Å²) in [6, 6.07) is 7.39. The number of benzene rings is 1. The minimum atomic E-state index is -0.820. The van der Waals surface area contributed by atoms with Crippen LogP contribution in [0.4, 0.5) is 5.69 Å². The molecule has 1 aromatic rings. The van der Waals surface area contributed by atoms with Gasteiger partial charge in [0.05, 0.1) is 11.3 Å². The molecule has 5 heteroatoms. The van der Waals surface area contributed by atoms with Crippen molar-refractivity contribution in [3.63, 3.8) is 0 Å². The predicted molar refractivity (Wildman–Crippen MR) is 85.0 cm³/mol. The lowest BCUT2D eigenvalue weighted by molar-refractivity contribution is -0.147. The lowest BCUT2D eigenvalue weighted by Crippen LogP contribution is -2.45. The number of carboxylic acids is 1. The van der Waals surface area contributed by atoms with Crippen molar-refractivity contribution in [2.45, 2.75) is 33.6 Å². The molecule has 21 heavy (non-hydrogen) atoms. The minimum Gasteiger partial charge on any atom is -0.481 e. The van der Waals surface area contributed by atoms with Gasteiger partial charge in [0.15, 0.2) is 0 Å². The second kappa shape index (κ2) is 5.44. The number of nitrogens with one attached hydrogen (secondary N) is 1. The molecule has 0 aliphatic heterocycles. The first-order valence-electron chi connectivity index (χ1n) is 6.98. The second-order valence-corrected chi connectivity index (χ2v) is 7.36. The first kappa shape index (κ1) is 16.0. The number of hydrogen-bond acceptors (Lipinski definition) is 2. The molecular weight excluding hydrogens is 334 g/mol. The van der Waals surface area contributed by atoms with Gasteiger partial charge >= 0.3 is 5.97 Å². The topological polar surface area (TPSA) is 66.4 Å². The quantitative estimate of drug-likeness (QED) is 0.865. The summed E-state index contributed by atoms with van der Waals surface area (Å²) in [7, 11) is 0. The third-order valence-corrected chi connectivity index (χ3v) is 5.60. The van der Waals surface area contributed by atoms with Crippen LogP contribution >= 0.6 is 15.9 Å². The fraction of sp³-hybridized carbons (Fsp3) is 0.500. The first-order valence-corrected chi connectivity index (χ1v) is 7.77. The fourth-order valence-electron chi connectivity index (χ4n) is 3.17.